The maximum Gasteiger partial charge on any atom is 0.225 e. The van der Waals surface area contributed by atoms with E-state index in [2.05, 4.69) is 23.2 Å². The zero-order chi connectivity index (χ0) is 14.4. The molecule has 0 aromatic heterocycles. The number of amides is 1. The first-order valence-corrected chi connectivity index (χ1v) is 7.20. The molecule has 4 heteroatoms. The maximum absolute atomic E-state index is 12.0. The third kappa shape index (κ3) is 4.07. The number of likely N-dealkylation sites (tertiary alicyclic amines) is 1. The van der Waals surface area contributed by atoms with Gasteiger partial charge >= 0.3 is 0 Å². The molecule has 4 nitrogen and oxygen atoms in total. The molecular formula is C16H21N3O. The highest BCUT2D eigenvalue weighted by molar-refractivity contribution is 5.92. The predicted molar refractivity (Wildman–Crippen MR) is 79.2 cm³/mol. The molecule has 1 amide bonds. The number of rotatable bonds is 4. The van der Waals surface area contributed by atoms with E-state index in [1.54, 1.807) is 18.2 Å². The summed E-state index contributed by atoms with van der Waals surface area (Å²) in [5.41, 5.74) is 1.11. The van der Waals surface area contributed by atoms with Crippen LogP contribution in [-0.2, 0) is 4.79 Å². The van der Waals surface area contributed by atoms with Gasteiger partial charge in [0.2, 0.25) is 5.91 Å². The van der Waals surface area contributed by atoms with Gasteiger partial charge in [-0.15, -0.1) is 0 Å². The maximum atomic E-state index is 12.0. The first-order valence-electron chi connectivity index (χ1n) is 7.20. The van der Waals surface area contributed by atoms with Gasteiger partial charge in [0, 0.05) is 19.5 Å². The molecule has 1 aliphatic rings. The Balaban J connectivity index is 1.82. The van der Waals surface area contributed by atoms with Gasteiger partial charge in [0.25, 0.3) is 0 Å². The number of hydrogen-bond acceptors (Lipinski definition) is 3. The van der Waals surface area contributed by atoms with Crippen molar-refractivity contribution in [3.63, 3.8) is 0 Å². The number of benzene rings is 1. The molecule has 106 valence electrons. The summed E-state index contributed by atoms with van der Waals surface area (Å²) in [4.78, 5) is 14.3. The summed E-state index contributed by atoms with van der Waals surface area (Å²) in [6.07, 6.45) is 2.99. The first-order chi connectivity index (χ1) is 9.69. The Morgan fingerprint density at radius 2 is 2.30 bits per heavy atom. The van der Waals surface area contributed by atoms with Crippen LogP contribution in [0.2, 0.25) is 0 Å². The van der Waals surface area contributed by atoms with Gasteiger partial charge in [-0.3, -0.25) is 4.79 Å². The summed E-state index contributed by atoms with van der Waals surface area (Å²) in [5, 5.41) is 11.8. The highest BCUT2D eigenvalue weighted by Crippen LogP contribution is 2.16. The van der Waals surface area contributed by atoms with Crippen LogP contribution < -0.4 is 5.32 Å². The Kier molecular flexibility index (Phi) is 5.14. The van der Waals surface area contributed by atoms with Gasteiger partial charge in [-0.05, 0) is 37.4 Å². The Morgan fingerprint density at radius 1 is 1.50 bits per heavy atom. The number of para-hydroxylation sites is 1. The van der Waals surface area contributed by atoms with Crippen LogP contribution >= 0.6 is 0 Å². The van der Waals surface area contributed by atoms with Crippen LogP contribution in [0.3, 0.4) is 0 Å². The van der Waals surface area contributed by atoms with Crippen molar-refractivity contribution in [1.29, 1.82) is 5.26 Å². The molecule has 2 rings (SSSR count). The van der Waals surface area contributed by atoms with E-state index in [1.807, 2.05) is 6.07 Å². The summed E-state index contributed by atoms with van der Waals surface area (Å²) < 4.78 is 0. The fourth-order valence-electron chi connectivity index (χ4n) is 2.65. The van der Waals surface area contributed by atoms with Crippen molar-refractivity contribution in [2.45, 2.75) is 26.2 Å². The van der Waals surface area contributed by atoms with Crippen LogP contribution in [0.25, 0.3) is 0 Å². The second-order valence-electron chi connectivity index (χ2n) is 5.50. The number of nitriles is 1. The lowest BCUT2D eigenvalue weighted by Gasteiger charge is -2.30. The smallest absolute Gasteiger partial charge is 0.225 e. The minimum Gasteiger partial charge on any atom is -0.325 e. The van der Waals surface area contributed by atoms with Crippen molar-refractivity contribution in [2.75, 3.05) is 25.0 Å². The molecule has 0 bridgehead atoms. The molecule has 0 spiro atoms. The van der Waals surface area contributed by atoms with Gasteiger partial charge in [-0.1, -0.05) is 19.1 Å². The second-order valence-corrected chi connectivity index (χ2v) is 5.50. The quantitative estimate of drug-likeness (QED) is 0.915. The van der Waals surface area contributed by atoms with Gasteiger partial charge < -0.3 is 10.2 Å². The lowest BCUT2D eigenvalue weighted by atomic mass is 10.0. The van der Waals surface area contributed by atoms with Crippen LogP contribution in [0.1, 0.15) is 31.7 Å². The van der Waals surface area contributed by atoms with Crippen molar-refractivity contribution in [1.82, 2.24) is 4.90 Å². The number of carbonyl (C=O) groups is 1. The molecule has 1 N–H and O–H groups in total. The van der Waals surface area contributed by atoms with Crippen LogP contribution in [0, 0.1) is 17.2 Å². The number of nitrogens with one attached hydrogen (secondary N) is 1. The average molecular weight is 271 g/mol. The summed E-state index contributed by atoms with van der Waals surface area (Å²) in [6.45, 7) is 5.23. The monoisotopic (exact) mass is 271 g/mol. The van der Waals surface area contributed by atoms with Crippen molar-refractivity contribution in [2.24, 2.45) is 5.92 Å². The molecule has 20 heavy (non-hydrogen) atoms. The minimum atomic E-state index is -0.0223. The van der Waals surface area contributed by atoms with E-state index in [0.29, 0.717) is 17.7 Å². The van der Waals surface area contributed by atoms with Crippen LogP contribution in [0.5, 0.6) is 0 Å². The van der Waals surface area contributed by atoms with Crippen LogP contribution in [-0.4, -0.2) is 30.4 Å². The third-order valence-electron chi connectivity index (χ3n) is 3.72. The zero-order valence-electron chi connectivity index (χ0n) is 11.9. The number of anilines is 1. The molecule has 1 atom stereocenters. The number of hydrogen-bond donors (Lipinski definition) is 1. The third-order valence-corrected chi connectivity index (χ3v) is 3.72. The molecule has 1 fully saturated rings. The fraction of sp³-hybridized carbons (Fsp3) is 0.500. The summed E-state index contributed by atoms with van der Waals surface area (Å²) in [5.74, 6) is 0.706. The Labute approximate surface area is 120 Å². The molecule has 1 aromatic carbocycles. The number of carbonyl (C=O) groups excluding carboxylic acids is 1. The molecule has 0 saturated carbocycles. The van der Waals surface area contributed by atoms with E-state index in [1.165, 1.54) is 12.8 Å². The number of nitrogens with zero attached hydrogens (tertiary/aromatic N) is 2. The molecule has 1 heterocycles. The van der Waals surface area contributed by atoms with Gasteiger partial charge in [0.15, 0.2) is 0 Å². The van der Waals surface area contributed by atoms with E-state index in [-0.39, 0.29) is 5.91 Å². The Morgan fingerprint density at radius 3 is 3.05 bits per heavy atom. The lowest BCUT2D eigenvalue weighted by Crippen LogP contribution is -2.36. The summed E-state index contributed by atoms with van der Waals surface area (Å²) in [6, 6.07) is 9.18. The molecule has 1 saturated heterocycles. The standard InChI is InChI=1S/C16H21N3O/c1-13-5-4-9-19(12-13)10-8-16(20)18-15-7-3-2-6-14(15)11-17/h2-3,6-7,13H,4-5,8-10,12H2,1H3,(H,18,20). The molecular weight excluding hydrogens is 250 g/mol. The highest BCUT2D eigenvalue weighted by Gasteiger charge is 2.17. The molecule has 0 radical (unpaired) electrons. The largest absolute Gasteiger partial charge is 0.325 e. The van der Waals surface area contributed by atoms with Crippen LogP contribution in [0.15, 0.2) is 24.3 Å². The van der Waals surface area contributed by atoms with E-state index in [9.17, 15) is 4.79 Å². The van der Waals surface area contributed by atoms with E-state index in [4.69, 9.17) is 5.26 Å². The van der Waals surface area contributed by atoms with Gasteiger partial charge in [-0.25, -0.2) is 0 Å². The van der Waals surface area contributed by atoms with E-state index >= 15 is 0 Å². The van der Waals surface area contributed by atoms with E-state index < -0.39 is 0 Å². The van der Waals surface area contributed by atoms with Crippen molar-refractivity contribution >= 4 is 11.6 Å². The van der Waals surface area contributed by atoms with Crippen molar-refractivity contribution in [3.05, 3.63) is 29.8 Å². The topological polar surface area (TPSA) is 56.1 Å². The minimum absolute atomic E-state index is 0.0223. The molecule has 0 aliphatic carbocycles. The Hall–Kier alpha value is -1.86. The number of piperidine rings is 1. The molecule has 1 unspecified atom stereocenters. The highest BCUT2D eigenvalue weighted by atomic mass is 16.1. The van der Waals surface area contributed by atoms with E-state index in [0.717, 1.165) is 25.6 Å². The fourth-order valence-corrected chi connectivity index (χ4v) is 2.65. The summed E-state index contributed by atoms with van der Waals surface area (Å²) >= 11 is 0. The Bertz CT molecular complexity index is 507. The molecule has 1 aromatic rings. The van der Waals surface area contributed by atoms with Crippen molar-refractivity contribution in [3.8, 4) is 6.07 Å². The van der Waals surface area contributed by atoms with Crippen LogP contribution in [0.4, 0.5) is 5.69 Å². The normalized spacial score (nSPS) is 19.3. The lowest BCUT2D eigenvalue weighted by molar-refractivity contribution is -0.116. The second kappa shape index (κ2) is 7.06. The molecule has 1 aliphatic heterocycles. The average Bonchev–Trinajstić information content (AvgIpc) is 2.46. The van der Waals surface area contributed by atoms with Gasteiger partial charge in [-0.2, -0.15) is 5.26 Å². The first kappa shape index (κ1) is 14.5. The van der Waals surface area contributed by atoms with Crippen molar-refractivity contribution < 1.29 is 4.79 Å². The zero-order valence-corrected chi connectivity index (χ0v) is 11.9. The summed E-state index contributed by atoms with van der Waals surface area (Å²) in [7, 11) is 0. The predicted octanol–water partition coefficient (Wildman–Crippen LogP) is 2.62. The van der Waals surface area contributed by atoms with Gasteiger partial charge in [0.05, 0.1) is 11.3 Å². The van der Waals surface area contributed by atoms with Gasteiger partial charge in [0.1, 0.15) is 6.07 Å². The SMILES string of the molecule is CC1CCCN(CCC(=O)Nc2ccccc2C#N)C1.